The quantitative estimate of drug-likeness (QED) is 0.391. The lowest BCUT2D eigenvalue weighted by atomic mass is 10.0. The van der Waals surface area contributed by atoms with Gasteiger partial charge in [0.15, 0.2) is 0 Å². The normalized spacial score (nSPS) is 14.9. The Balaban J connectivity index is 2.06. The predicted molar refractivity (Wildman–Crippen MR) is 98.5 cm³/mol. The number of nitrogens with zero attached hydrogens (tertiary/aromatic N) is 5. The van der Waals surface area contributed by atoms with Crippen LogP contribution >= 0.6 is 0 Å². The summed E-state index contributed by atoms with van der Waals surface area (Å²) in [4.78, 5) is 18.9. The summed E-state index contributed by atoms with van der Waals surface area (Å²) < 4.78 is 5.42. The third kappa shape index (κ3) is 4.93. The number of anilines is 2. The van der Waals surface area contributed by atoms with E-state index in [1.54, 1.807) is 4.90 Å². The predicted octanol–water partition coefficient (Wildman–Crippen LogP) is 3.44. The maximum absolute atomic E-state index is 12.1. The van der Waals surface area contributed by atoms with E-state index in [2.05, 4.69) is 14.9 Å². The zero-order valence-electron chi connectivity index (χ0n) is 15.3. The number of hydrogen-bond acceptors (Lipinski definition) is 5. The molecule has 0 bridgehead atoms. The van der Waals surface area contributed by atoms with Gasteiger partial charge in [0, 0.05) is 42.5 Å². The third-order valence-corrected chi connectivity index (χ3v) is 4.14. The van der Waals surface area contributed by atoms with Gasteiger partial charge in [0.1, 0.15) is 5.60 Å². The minimum Gasteiger partial charge on any atom is -0.444 e. The molecule has 8 nitrogen and oxygen atoms in total. The average molecular weight is 346 g/mol. The second-order valence-corrected chi connectivity index (χ2v) is 7.16. The summed E-state index contributed by atoms with van der Waals surface area (Å²) in [5.41, 5.74) is 17.7. The Morgan fingerprint density at radius 2 is 1.96 bits per heavy atom. The van der Waals surface area contributed by atoms with Crippen molar-refractivity contribution >= 4 is 17.5 Å². The summed E-state index contributed by atoms with van der Waals surface area (Å²) in [6.07, 6.45) is -0.278. The lowest BCUT2D eigenvalue weighted by Gasteiger charge is -2.37. The van der Waals surface area contributed by atoms with Crippen LogP contribution in [-0.4, -0.2) is 42.8 Å². The second kappa shape index (κ2) is 7.53. The van der Waals surface area contributed by atoms with E-state index < -0.39 is 5.60 Å². The largest absolute Gasteiger partial charge is 0.444 e. The Kier molecular flexibility index (Phi) is 5.64. The van der Waals surface area contributed by atoms with E-state index >= 15 is 0 Å². The molecule has 1 aliphatic heterocycles. The number of hydrogen-bond donors (Lipinski definition) is 1. The van der Waals surface area contributed by atoms with Gasteiger partial charge in [-0.25, -0.2) is 4.79 Å². The number of piperazine rings is 1. The standard InChI is InChI=1S/C17H26N6O2/c1-12-13(11-20-21-19)9-14(10-15(12)18)22-5-7-23(8-6-22)16(24)25-17(2,3)4/h9-10H,5-8,11,18H2,1-4H3. The van der Waals surface area contributed by atoms with Crippen molar-refractivity contribution in [3.8, 4) is 0 Å². The highest BCUT2D eigenvalue weighted by Crippen LogP contribution is 2.27. The van der Waals surface area contributed by atoms with Crippen molar-refractivity contribution in [1.29, 1.82) is 0 Å². The number of amides is 1. The highest BCUT2D eigenvalue weighted by atomic mass is 16.6. The van der Waals surface area contributed by atoms with Crippen LogP contribution in [0.2, 0.25) is 0 Å². The monoisotopic (exact) mass is 346 g/mol. The molecule has 1 amide bonds. The minimum atomic E-state index is -0.490. The van der Waals surface area contributed by atoms with Crippen LogP contribution in [-0.2, 0) is 11.3 Å². The fraction of sp³-hybridized carbons (Fsp3) is 0.588. The lowest BCUT2D eigenvalue weighted by Crippen LogP contribution is -2.50. The maximum atomic E-state index is 12.1. The molecular formula is C17H26N6O2. The van der Waals surface area contributed by atoms with Crippen LogP contribution in [0.15, 0.2) is 17.2 Å². The van der Waals surface area contributed by atoms with E-state index in [1.807, 2.05) is 39.8 Å². The molecule has 0 spiro atoms. The summed E-state index contributed by atoms with van der Waals surface area (Å²) in [6, 6.07) is 3.93. The first-order valence-electron chi connectivity index (χ1n) is 8.34. The van der Waals surface area contributed by atoms with Crippen molar-refractivity contribution in [1.82, 2.24) is 4.90 Å². The molecule has 1 heterocycles. The van der Waals surface area contributed by atoms with Crippen molar-refractivity contribution in [3.05, 3.63) is 33.7 Å². The number of rotatable bonds is 3. The molecule has 0 saturated carbocycles. The van der Waals surface area contributed by atoms with Crippen LogP contribution < -0.4 is 10.6 Å². The number of carbonyl (C=O) groups is 1. The Bertz CT molecular complexity index is 683. The van der Waals surface area contributed by atoms with Crippen LogP contribution in [0.4, 0.5) is 16.2 Å². The minimum absolute atomic E-state index is 0.276. The average Bonchev–Trinajstić information content (AvgIpc) is 2.54. The molecule has 1 aliphatic rings. The molecule has 1 aromatic carbocycles. The van der Waals surface area contributed by atoms with Gasteiger partial charge in [0.25, 0.3) is 0 Å². The van der Waals surface area contributed by atoms with Gasteiger partial charge in [-0.15, -0.1) is 0 Å². The Morgan fingerprint density at radius 3 is 2.52 bits per heavy atom. The molecule has 0 atom stereocenters. The first-order valence-corrected chi connectivity index (χ1v) is 8.34. The van der Waals surface area contributed by atoms with Gasteiger partial charge in [0.05, 0.1) is 6.54 Å². The highest BCUT2D eigenvalue weighted by Gasteiger charge is 2.26. The van der Waals surface area contributed by atoms with E-state index in [1.165, 1.54) is 0 Å². The third-order valence-electron chi connectivity index (χ3n) is 4.14. The summed E-state index contributed by atoms with van der Waals surface area (Å²) >= 11 is 0. The number of benzene rings is 1. The number of nitrogens with two attached hydrogens (primary N) is 1. The van der Waals surface area contributed by atoms with Gasteiger partial charge >= 0.3 is 6.09 Å². The van der Waals surface area contributed by atoms with Crippen LogP contribution in [0.1, 0.15) is 31.9 Å². The molecule has 1 saturated heterocycles. The number of carbonyl (C=O) groups excluding carboxylic acids is 1. The van der Waals surface area contributed by atoms with Gasteiger partial charge in [-0.1, -0.05) is 5.11 Å². The summed E-state index contributed by atoms with van der Waals surface area (Å²) in [5, 5.41) is 3.64. The van der Waals surface area contributed by atoms with Crippen molar-refractivity contribution in [2.45, 2.75) is 39.8 Å². The van der Waals surface area contributed by atoms with E-state index in [0.29, 0.717) is 31.9 Å². The maximum Gasteiger partial charge on any atom is 0.410 e. The highest BCUT2D eigenvalue weighted by molar-refractivity contribution is 5.69. The molecule has 0 aromatic heterocycles. The molecule has 25 heavy (non-hydrogen) atoms. The molecule has 1 aromatic rings. The van der Waals surface area contributed by atoms with Crippen molar-refractivity contribution < 1.29 is 9.53 Å². The summed E-state index contributed by atoms with van der Waals surface area (Å²) in [5.74, 6) is 0. The van der Waals surface area contributed by atoms with Crippen molar-refractivity contribution in [3.63, 3.8) is 0 Å². The molecule has 8 heteroatoms. The van der Waals surface area contributed by atoms with Crippen LogP contribution in [0.5, 0.6) is 0 Å². The molecule has 0 unspecified atom stereocenters. The lowest BCUT2D eigenvalue weighted by molar-refractivity contribution is 0.0240. The van der Waals surface area contributed by atoms with Gasteiger partial charge in [-0.05, 0) is 56.5 Å². The van der Waals surface area contributed by atoms with E-state index in [-0.39, 0.29) is 12.6 Å². The Morgan fingerprint density at radius 1 is 1.32 bits per heavy atom. The summed E-state index contributed by atoms with van der Waals surface area (Å²) in [7, 11) is 0. The second-order valence-electron chi connectivity index (χ2n) is 7.16. The van der Waals surface area contributed by atoms with Gasteiger partial charge < -0.3 is 20.3 Å². The first kappa shape index (κ1) is 18.7. The smallest absolute Gasteiger partial charge is 0.410 e. The number of azide groups is 1. The van der Waals surface area contributed by atoms with Crippen molar-refractivity contribution in [2.75, 3.05) is 36.8 Å². The van der Waals surface area contributed by atoms with Crippen LogP contribution in [0.25, 0.3) is 10.4 Å². The SMILES string of the molecule is Cc1c(N)cc(N2CCN(C(=O)OC(C)(C)C)CC2)cc1CN=[N+]=[N-]. The van der Waals surface area contributed by atoms with Gasteiger partial charge in [-0.2, -0.15) is 0 Å². The van der Waals surface area contributed by atoms with Gasteiger partial charge in [0.2, 0.25) is 0 Å². The molecule has 2 N–H and O–H groups in total. The Hall–Kier alpha value is -2.60. The van der Waals surface area contributed by atoms with Crippen LogP contribution in [0, 0.1) is 6.92 Å². The fourth-order valence-corrected chi connectivity index (χ4v) is 2.71. The molecular weight excluding hydrogens is 320 g/mol. The molecule has 1 fully saturated rings. The molecule has 136 valence electrons. The van der Waals surface area contributed by atoms with E-state index in [0.717, 1.165) is 16.8 Å². The summed E-state index contributed by atoms with van der Waals surface area (Å²) in [6.45, 7) is 10.4. The molecule has 2 rings (SSSR count). The Labute approximate surface area is 148 Å². The van der Waals surface area contributed by atoms with Gasteiger partial charge in [-0.3, -0.25) is 0 Å². The zero-order valence-corrected chi connectivity index (χ0v) is 15.3. The van der Waals surface area contributed by atoms with E-state index in [9.17, 15) is 4.79 Å². The fourth-order valence-electron chi connectivity index (χ4n) is 2.71. The molecule has 0 aliphatic carbocycles. The topological polar surface area (TPSA) is 108 Å². The van der Waals surface area contributed by atoms with Crippen LogP contribution in [0.3, 0.4) is 0 Å². The van der Waals surface area contributed by atoms with E-state index in [4.69, 9.17) is 16.0 Å². The number of ether oxygens (including phenoxy) is 1. The first-order chi connectivity index (χ1) is 11.7. The zero-order chi connectivity index (χ0) is 18.6. The van der Waals surface area contributed by atoms with Crippen molar-refractivity contribution in [2.24, 2.45) is 5.11 Å². The number of nitrogen functional groups attached to an aromatic ring is 1. The molecule has 0 radical (unpaired) electrons.